The van der Waals surface area contributed by atoms with E-state index in [2.05, 4.69) is 32.9 Å². The van der Waals surface area contributed by atoms with Crippen LogP contribution < -0.4 is 5.32 Å². The SMILES string of the molecule is Cc1ccc(-n2nnnc2SC(C)C(=O)Nc2ccnn2C(C)C)cc1C. The summed E-state index contributed by atoms with van der Waals surface area (Å²) >= 11 is 1.31. The Balaban J connectivity index is 1.74. The van der Waals surface area contributed by atoms with Crippen LogP contribution in [0, 0.1) is 13.8 Å². The average molecular weight is 385 g/mol. The molecule has 142 valence electrons. The van der Waals surface area contributed by atoms with E-state index in [1.807, 2.05) is 45.9 Å². The molecule has 2 aromatic heterocycles. The van der Waals surface area contributed by atoms with Gasteiger partial charge in [-0.2, -0.15) is 9.78 Å². The van der Waals surface area contributed by atoms with Gasteiger partial charge < -0.3 is 5.32 Å². The topological polar surface area (TPSA) is 90.5 Å². The van der Waals surface area contributed by atoms with Gasteiger partial charge in [0.15, 0.2) is 0 Å². The highest BCUT2D eigenvalue weighted by Gasteiger charge is 2.21. The van der Waals surface area contributed by atoms with Crippen molar-refractivity contribution in [1.29, 1.82) is 0 Å². The number of rotatable bonds is 6. The molecule has 2 heterocycles. The summed E-state index contributed by atoms with van der Waals surface area (Å²) in [6.07, 6.45) is 1.67. The minimum atomic E-state index is -0.378. The molecule has 0 saturated heterocycles. The van der Waals surface area contributed by atoms with E-state index < -0.39 is 0 Å². The number of carbonyl (C=O) groups excluding carboxylic acids is 1. The Kier molecular flexibility index (Phi) is 5.59. The first-order valence-corrected chi connectivity index (χ1v) is 9.62. The summed E-state index contributed by atoms with van der Waals surface area (Å²) in [4.78, 5) is 12.6. The number of benzene rings is 1. The predicted octanol–water partition coefficient (Wildman–Crippen LogP) is 3.18. The largest absolute Gasteiger partial charge is 0.310 e. The molecule has 1 aromatic carbocycles. The number of hydrogen-bond acceptors (Lipinski definition) is 6. The third-order valence-corrected chi connectivity index (χ3v) is 5.27. The van der Waals surface area contributed by atoms with Gasteiger partial charge in [0, 0.05) is 12.1 Å². The van der Waals surface area contributed by atoms with Crippen molar-refractivity contribution in [3.05, 3.63) is 41.6 Å². The summed E-state index contributed by atoms with van der Waals surface area (Å²) in [7, 11) is 0. The number of nitrogens with zero attached hydrogens (tertiary/aromatic N) is 6. The molecule has 1 N–H and O–H groups in total. The molecule has 0 radical (unpaired) electrons. The van der Waals surface area contributed by atoms with E-state index in [0.29, 0.717) is 11.0 Å². The first kappa shape index (κ1) is 19.1. The van der Waals surface area contributed by atoms with Crippen LogP contribution in [0.4, 0.5) is 5.82 Å². The lowest BCUT2D eigenvalue weighted by Gasteiger charge is -2.14. The fraction of sp³-hybridized carbons (Fsp3) is 0.389. The molecule has 1 amide bonds. The lowest BCUT2D eigenvalue weighted by atomic mass is 10.1. The number of aromatic nitrogens is 6. The van der Waals surface area contributed by atoms with Gasteiger partial charge in [0.05, 0.1) is 17.1 Å². The van der Waals surface area contributed by atoms with E-state index in [1.165, 1.54) is 17.3 Å². The molecule has 9 heteroatoms. The minimum absolute atomic E-state index is 0.128. The van der Waals surface area contributed by atoms with Crippen molar-refractivity contribution in [1.82, 2.24) is 30.0 Å². The van der Waals surface area contributed by atoms with Crippen LogP contribution in [0.3, 0.4) is 0 Å². The maximum absolute atomic E-state index is 12.6. The van der Waals surface area contributed by atoms with Crippen molar-refractivity contribution in [2.75, 3.05) is 5.32 Å². The van der Waals surface area contributed by atoms with Crippen molar-refractivity contribution in [2.45, 2.75) is 51.1 Å². The maximum atomic E-state index is 12.6. The van der Waals surface area contributed by atoms with Gasteiger partial charge in [-0.3, -0.25) is 4.79 Å². The molecule has 3 rings (SSSR count). The fourth-order valence-electron chi connectivity index (χ4n) is 2.54. The molecule has 0 saturated carbocycles. The number of thioether (sulfide) groups is 1. The first-order chi connectivity index (χ1) is 12.9. The molecule has 0 aliphatic rings. The van der Waals surface area contributed by atoms with Crippen molar-refractivity contribution in [3.8, 4) is 5.69 Å². The molecule has 0 spiro atoms. The standard InChI is InChI=1S/C18H23N7OS/c1-11(2)24-16(8-9-19-24)20-17(26)14(5)27-18-21-22-23-25(18)15-7-6-12(3)13(4)10-15/h6-11,14H,1-5H3,(H,20,26). The van der Waals surface area contributed by atoms with Crippen LogP contribution in [0.1, 0.15) is 37.9 Å². The van der Waals surface area contributed by atoms with E-state index in [9.17, 15) is 4.79 Å². The number of aryl methyl sites for hydroxylation is 2. The Bertz CT molecular complexity index is 947. The van der Waals surface area contributed by atoms with E-state index in [-0.39, 0.29) is 17.2 Å². The second-order valence-corrected chi connectivity index (χ2v) is 7.95. The zero-order valence-corrected chi connectivity index (χ0v) is 16.9. The highest BCUT2D eigenvalue weighted by molar-refractivity contribution is 8.00. The highest BCUT2D eigenvalue weighted by atomic mass is 32.2. The fourth-order valence-corrected chi connectivity index (χ4v) is 3.34. The quantitative estimate of drug-likeness (QED) is 0.656. The number of nitrogens with one attached hydrogen (secondary N) is 1. The highest BCUT2D eigenvalue weighted by Crippen LogP contribution is 2.25. The Morgan fingerprint density at radius 3 is 2.63 bits per heavy atom. The molecule has 8 nitrogen and oxygen atoms in total. The molecule has 1 unspecified atom stereocenters. The third kappa shape index (κ3) is 4.19. The summed E-state index contributed by atoms with van der Waals surface area (Å²) in [6, 6.07) is 7.98. The van der Waals surface area contributed by atoms with Crippen LogP contribution in [0.2, 0.25) is 0 Å². The van der Waals surface area contributed by atoms with Crippen LogP contribution in [0.15, 0.2) is 35.6 Å². The Morgan fingerprint density at radius 2 is 1.93 bits per heavy atom. The number of hydrogen-bond donors (Lipinski definition) is 1. The number of amides is 1. The lowest BCUT2D eigenvalue weighted by Crippen LogP contribution is -2.25. The van der Waals surface area contributed by atoms with E-state index in [1.54, 1.807) is 21.6 Å². The Hall–Kier alpha value is -2.68. The molecule has 0 fully saturated rings. The van der Waals surface area contributed by atoms with E-state index >= 15 is 0 Å². The van der Waals surface area contributed by atoms with E-state index in [0.717, 1.165) is 11.3 Å². The van der Waals surface area contributed by atoms with Gasteiger partial charge in [0.2, 0.25) is 11.1 Å². The van der Waals surface area contributed by atoms with Crippen LogP contribution >= 0.6 is 11.8 Å². The van der Waals surface area contributed by atoms with Gasteiger partial charge in [-0.25, -0.2) is 4.68 Å². The van der Waals surface area contributed by atoms with Gasteiger partial charge in [-0.05, 0) is 68.3 Å². The predicted molar refractivity (Wildman–Crippen MR) is 105 cm³/mol. The number of tetrazole rings is 1. The summed E-state index contributed by atoms with van der Waals surface area (Å²) in [5.41, 5.74) is 3.23. The van der Waals surface area contributed by atoms with Gasteiger partial charge in [0.25, 0.3) is 0 Å². The third-order valence-electron chi connectivity index (χ3n) is 4.24. The molecule has 0 aliphatic heterocycles. The number of carbonyl (C=O) groups is 1. The van der Waals surface area contributed by atoms with E-state index in [4.69, 9.17) is 0 Å². The lowest BCUT2D eigenvalue weighted by molar-refractivity contribution is -0.115. The first-order valence-electron chi connectivity index (χ1n) is 8.74. The van der Waals surface area contributed by atoms with Gasteiger partial charge in [-0.15, -0.1) is 5.10 Å². The van der Waals surface area contributed by atoms with Crippen LogP contribution in [0.5, 0.6) is 0 Å². The molecular weight excluding hydrogens is 362 g/mol. The average Bonchev–Trinajstić information content (AvgIpc) is 3.26. The van der Waals surface area contributed by atoms with Crippen LogP contribution in [-0.4, -0.2) is 41.1 Å². The van der Waals surface area contributed by atoms with Crippen molar-refractivity contribution < 1.29 is 4.79 Å². The second-order valence-electron chi connectivity index (χ2n) is 6.65. The van der Waals surface area contributed by atoms with Gasteiger partial charge >= 0.3 is 0 Å². The van der Waals surface area contributed by atoms with Crippen LogP contribution in [0.25, 0.3) is 5.69 Å². The Morgan fingerprint density at radius 1 is 1.15 bits per heavy atom. The maximum Gasteiger partial charge on any atom is 0.238 e. The Labute approximate surface area is 162 Å². The summed E-state index contributed by atoms with van der Waals surface area (Å²) in [5, 5.41) is 19.3. The minimum Gasteiger partial charge on any atom is -0.310 e. The number of anilines is 1. The van der Waals surface area contributed by atoms with Gasteiger partial charge in [0.1, 0.15) is 5.82 Å². The van der Waals surface area contributed by atoms with Crippen molar-refractivity contribution in [3.63, 3.8) is 0 Å². The van der Waals surface area contributed by atoms with Crippen molar-refractivity contribution >= 4 is 23.5 Å². The van der Waals surface area contributed by atoms with Crippen molar-refractivity contribution in [2.24, 2.45) is 0 Å². The summed E-state index contributed by atoms with van der Waals surface area (Å²) in [5.74, 6) is 0.549. The summed E-state index contributed by atoms with van der Waals surface area (Å²) in [6.45, 7) is 9.96. The second kappa shape index (κ2) is 7.91. The zero-order valence-electron chi connectivity index (χ0n) is 16.0. The molecule has 27 heavy (non-hydrogen) atoms. The molecule has 3 aromatic rings. The van der Waals surface area contributed by atoms with Gasteiger partial charge in [-0.1, -0.05) is 17.8 Å². The monoisotopic (exact) mass is 385 g/mol. The zero-order chi connectivity index (χ0) is 19.6. The normalized spacial score (nSPS) is 12.4. The molecule has 0 bridgehead atoms. The molecule has 0 aliphatic carbocycles. The smallest absolute Gasteiger partial charge is 0.238 e. The summed E-state index contributed by atoms with van der Waals surface area (Å²) < 4.78 is 3.42. The molecular formula is C18H23N7OS. The van der Waals surface area contributed by atoms with Crippen LogP contribution in [-0.2, 0) is 4.79 Å². The molecule has 1 atom stereocenters.